The molecule has 0 unspecified atom stereocenters. The fourth-order valence-corrected chi connectivity index (χ4v) is 3.17. The predicted molar refractivity (Wildman–Crippen MR) is 84.9 cm³/mol. The number of carbonyl (C=O) groups is 1. The smallest absolute Gasteiger partial charge is 0.254 e. The van der Waals surface area contributed by atoms with Gasteiger partial charge in [0.1, 0.15) is 0 Å². The molecule has 0 radical (unpaired) electrons. The molecule has 1 aliphatic rings. The standard InChI is InChI=1S/C16H22N4O2/c1-19-10-12(22-3)7-11(19)9-20(2)16(21)13-5-4-6-15-14(13)8-17-18-15/h4-6,8,11-12H,7,9-10H2,1-3H3,(H,17,18)/t11-,12-/m0/s1. The van der Waals surface area contributed by atoms with Crippen LogP contribution in [0.15, 0.2) is 24.4 Å². The number of hydrogen-bond donors (Lipinski definition) is 1. The Kier molecular flexibility index (Phi) is 4.13. The second-order valence-electron chi connectivity index (χ2n) is 6.01. The minimum atomic E-state index is 0.0290. The van der Waals surface area contributed by atoms with Crippen LogP contribution in [0.2, 0.25) is 0 Å². The van der Waals surface area contributed by atoms with Crippen molar-refractivity contribution in [3.05, 3.63) is 30.0 Å². The van der Waals surface area contributed by atoms with E-state index < -0.39 is 0 Å². The van der Waals surface area contributed by atoms with Gasteiger partial charge < -0.3 is 9.64 Å². The molecule has 3 rings (SSSR count). The van der Waals surface area contributed by atoms with Gasteiger partial charge in [0.2, 0.25) is 0 Å². The first-order chi connectivity index (χ1) is 10.6. The third kappa shape index (κ3) is 2.71. The van der Waals surface area contributed by atoms with Crippen molar-refractivity contribution in [3.63, 3.8) is 0 Å². The highest BCUT2D eigenvalue weighted by atomic mass is 16.5. The first kappa shape index (κ1) is 15.0. The van der Waals surface area contributed by atoms with Gasteiger partial charge in [0.15, 0.2) is 0 Å². The molecule has 118 valence electrons. The van der Waals surface area contributed by atoms with Crippen LogP contribution < -0.4 is 0 Å². The van der Waals surface area contributed by atoms with Crippen molar-refractivity contribution in [1.29, 1.82) is 0 Å². The van der Waals surface area contributed by atoms with Crippen LogP contribution in [0.25, 0.3) is 10.9 Å². The average molecular weight is 302 g/mol. The number of benzene rings is 1. The Morgan fingerprint density at radius 1 is 1.55 bits per heavy atom. The summed E-state index contributed by atoms with van der Waals surface area (Å²) in [6.07, 6.45) is 2.93. The number of fused-ring (bicyclic) bond motifs is 1. The molecular weight excluding hydrogens is 280 g/mol. The van der Waals surface area contributed by atoms with Crippen LogP contribution in [-0.2, 0) is 4.74 Å². The number of nitrogens with zero attached hydrogens (tertiary/aromatic N) is 3. The number of hydrogen-bond acceptors (Lipinski definition) is 4. The molecular formula is C16H22N4O2. The van der Waals surface area contributed by atoms with Crippen LogP contribution in [0.1, 0.15) is 16.8 Å². The Balaban J connectivity index is 1.74. The Hall–Kier alpha value is -1.92. The molecule has 0 bridgehead atoms. The fraction of sp³-hybridized carbons (Fsp3) is 0.500. The number of H-pyrrole nitrogens is 1. The van der Waals surface area contributed by atoms with Gasteiger partial charge in [-0.25, -0.2) is 0 Å². The van der Waals surface area contributed by atoms with Crippen molar-refractivity contribution in [2.45, 2.75) is 18.6 Å². The predicted octanol–water partition coefficient (Wildman–Crippen LogP) is 1.35. The quantitative estimate of drug-likeness (QED) is 0.926. The van der Waals surface area contributed by atoms with Crippen LogP contribution >= 0.6 is 0 Å². The van der Waals surface area contributed by atoms with Gasteiger partial charge in [0, 0.05) is 38.7 Å². The summed E-state index contributed by atoms with van der Waals surface area (Å²) in [6.45, 7) is 1.62. The van der Waals surface area contributed by atoms with Gasteiger partial charge in [-0.3, -0.25) is 14.8 Å². The van der Waals surface area contributed by atoms with Crippen LogP contribution in [0.3, 0.4) is 0 Å². The maximum absolute atomic E-state index is 12.7. The number of nitrogens with one attached hydrogen (secondary N) is 1. The van der Waals surface area contributed by atoms with E-state index in [1.807, 2.05) is 25.2 Å². The SMILES string of the molecule is CO[C@H]1C[C@@H](CN(C)C(=O)c2cccc3[nH]ncc23)N(C)C1. The lowest BCUT2D eigenvalue weighted by Gasteiger charge is -2.25. The summed E-state index contributed by atoms with van der Waals surface area (Å²) in [4.78, 5) is 16.8. The lowest BCUT2D eigenvalue weighted by molar-refractivity contribution is 0.0762. The number of carbonyl (C=O) groups excluding carboxylic acids is 1. The van der Waals surface area contributed by atoms with E-state index in [1.165, 1.54) is 0 Å². The molecule has 1 amide bonds. The molecule has 22 heavy (non-hydrogen) atoms. The van der Waals surface area contributed by atoms with E-state index in [1.54, 1.807) is 18.2 Å². The number of aromatic nitrogens is 2. The van der Waals surface area contributed by atoms with Crippen LogP contribution in [0.5, 0.6) is 0 Å². The second-order valence-corrected chi connectivity index (χ2v) is 6.01. The van der Waals surface area contributed by atoms with Gasteiger partial charge in [0.05, 0.1) is 23.4 Å². The monoisotopic (exact) mass is 302 g/mol. The maximum Gasteiger partial charge on any atom is 0.254 e. The largest absolute Gasteiger partial charge is 0.380 e. The summed E-state index contributed by atoms with van der Waals surface area (Å²) < 4.78 is 5.43. The molecule has 1 saturated heterocycles. The summed E-state index contributed by atoms with van der Waals surface area (Å²) in [7, 11) is 5.68. The number of aromatic amines is 1. The summed E-state index contributed by atoms with van der Waals surface area (Å²) in [5.74, 6) is 0.0290. The maximum atomic E-state index is 12.7. The Bertz CT molecular complexity index is 669. The average Bonchev–Trinajstić information content (AvgIpc) is 3.13. The fourth-order valence-electron chi connectivity index (χ4n) is 3.17. The third-order valence-electron chi connectivity index (χ3n) is 4.53. The van der Waals surface area contributed by atoms with Crippen LogP contribution in [-0.4, -0.2) is 72.3 Å². The van der Waals surface area contributed by atoms with Crippen molar-refractivity contribution >= 4 is 16.8 Å². The lowest BCUT2D eigenvalue weighted by Crippen LogP contribution is -2.39. The van der Waals surface area contributed by atoms with Gasteiger partial charge in [-0.15, -0.1) is 0 Å². The number of amides is 1. The Labute approximate surface area is 130 Å². The van der Waals surface area contributed by atoms with Crippen molar-refractivity contribution < 1.29 is 9.53 Å². The molecule has 1 aromatic carbocycles. The Morgan fingerprint density at radius 2 is 2.36 bits per heavy atom. The molecule has 1 aliphatic heterocycles. The first-order valence-corrected chi connectivity index (χ1v) is 7.50. The summed E-state index contributed by atoms with van der Waals surface area (Å²) >= 11 is 0. The molecule has 2 atom stereocenters. The first-order valence-electron chi connectivity index (χ1n) is 7.50. The molecule has 1 fully saturated rings. The molecule has 2 aromatic rings. The lowest BCUT2D eigenvalue weighted by atomic mass is 10.1. The highest BCUT2D eigenvalue weighted by molar-refractivity contribution is 6.05. The van der Waals surface area contributed by atoms with E-state index in [-0.39, 0.29) is 12.0 Å². The highest BCUT2D eigenvalue weighted by Gasteiger charge is 2.31. The van der Waals surface area contributed by atoms with Crippen LogP contribution in [0.4, 0.5) is 0 Å². The molecule has 2 heterocycles. The van der Waals surface area contributed by atoms with Gasteiger partial charge in [-0.05, 0) is 25.6 Å². The minimum absolute atomic E-state index is 0.0290. The molecule has 1 aromatic heterocycles. The summed E-state index contributed by atoms with van der Waals surface area (Å²) in [6, 6.07) is 5.99. The van der Waals surface area contributed by atoms with Gasteiger partial charge in [-0.1, -0.05) is 6.07 Å². The van der Waals surface area contributed by atoms with E-state index >= 15 is 0 Å². The topological polar surface area (TPSA) is 61.5 Å². The molecule has 6 heteroatoms. The van der Waals surface area contributed by atoms with E-state index in [0.29, 0.717) is 18.2 Å². The van der Waals surface area contributed by atoms with Crippen LogP contribution in [0, 0.1) is 0 Å². The van der Waals surface area contributed by atoms with E-state index in [0.717, 1.165) is 23.9 Å². The Morgan fingerprint density at radius 3 is 3.09 bits per heavy atom. The summed E-state index contributed by atoms with van der Waals surface area (Å²) in [5, 5.41) is 7.79. The van der Waals surface area contributed by atoms with Gasteiger partial charge in [-0.2, -0.15) is 5.10 Å². The van der Waals surface area contributed by atoms with E-state index in [9.17, 15) is 4.79 Å². The number of likely N-dealkylation sites (N-methyl/N-ethyl adjacent to an activating group) is 2. The number of methoxy groups -OCH3 is 1. The molecule has 0 spiro atoms. The summed E-state index contributed by atoms with van der Waals surface area (Å²) in [5.41, 5.74) is 1.58. The molecule has 1 N–H and O–H groups in total. The zero-order valence-corrected chi connectivity index (χ0v) is 13.2. The van der Waals surface area contributed by atoms with Gasteiger partial charge in [0.25, 0.3) is 5.91 Å². The van der Waals surface area contributed by atoms with E-state index in [2.05, 4.69) is 22.1 Å². The normalized spacial score (nSPS) is 22.3. The van der Waals surface area contributed by atoms with Gasteiger partial charge >= 0.3 is 0 Å². The number of likely N-dealkylation sites (tertiary alicyclic amines) is 1. The zero-order chi connectivity index (χ0) is 15.7. The van der Waals surface area contributed by atoms with Crippen molar-refractivity contribution in [3.8, 4) is 0 Å². The second kappa shape index (κ2) is 6.06. The highest BCUT2D eigenvalue weighted by Crippen LogP contribution is 2.21. The zero-order valence-electron chi connectivity index (χ0n) is 13.2. The third-order valence-corrected chi connectivity index (χ3v) is 4.53. The minimum Gasteiger partial charge on any atom is -0.380 e. The van der Waals surface area contributed by atoms with Crippen molar-refractivity contribution in [1.82, 2.24) is 20.0 Å². The molecule has 6 nitrogen and oxygen atoms in total. The van der Waals surface area contributed by atoms with E-state index in [4.69, 9.17) is 4.74 Å². The van der Waals surface area contributed by atoms with Crippen molar-refractivity contribution in [2.75, 3.05) is 34.3 Å². The molecule has 0 aliphatic carbocycles. The van der Waals surface area contributed by atoms with Crippen molar-refractivity contribution in [2.24, 2.45) is 0 Å². The molecule has 0 saturated carbocycles. The number of ether oxygens (including phenoxy) is 1. The number of rotatable bonds is 4.